The Kier molecular flexibility index (Phi) is 2.95. The highest BCUT2D eigenvalue weighted by molar-refractivity contribution is 5.73. The van der Waals surface area contributed by atoms with Crippen LogP contribution in [-0.2, 0) is 0 Å². The molecular formula is C13H20N2O. The standard InChI is InChI=1S/C13H20N2O/c1-8(2)16-12-6-4-5-10(13(12)14)15-11-7-9(11)3/h4-6,8-9,11,15H,7,14H2,1-3H3. The van der Waals surface area contributed by atoms with E-state index in [2.05, 4.69) is 12.2 Å². The Morgan fingerprint density at radius 2 is 2.12 bits per heavy atom. The van der Waals surface area contributed by atoms with E-state index in [0.29, 0.717) is 6.04 Å². The topological polar surface area (TPSA) is 47.3 Å². The average molecular weight is 220 g/mol. The second-order valence-corrected chi connectivity index (χ2v) is 4.85. The average Bonchev–Trinajstić information content (AvgIpc) is 2.88. The van der Waals surface area contributed by atoms with Crippen LogP contribution in [0.1, 0.15) is 27.2 Å². The summed E-state index contributed by atoms with van der Waals surface area (Å²) in [6.45, 7) is 6.24. The molecule has 3 N–H and O–H groups in total. The number of hydrogen-bond donors (Lipinski definition) is 2. The number of hydrogen-bond acceptors (Lipinski definition) is 3. The van der Waals surface area contributed by atoms with Gasteiger partial charge in [-0.3, -0.25) is 0 Å². The monoisotopic (exact) mass is 220 g/mol. The number of nitrogens with two attached hydrogens (primary N) is 1. The van der Waals surface area contributed by atoms with E-state index in [0.717, 1.165) is 23.0 Å². The van der Waals surface area contributed by atoms with Gasteiger partial charge in [0.25, 0.3) is 0 Å². The summed E-state index contributed by atoms with van der Waals surface area (Å²) in [5.41, 5.74) is 7.78. The number of nitrogen functional groups attached to an aromatic ring is 1. The van der Waals surface area contributed by atoms with Gasteiger partial charge in [0.1, 0.15) is 5.75 Å². The minimum absolute atomic E-state index is 0.150. The summed E-state index contributed by atoms with van der Waals surface area (Å²) in [4.78, 5) is 0. The van der Waals surface area contributed by atoms with Gasteiger partial charge in [-0.05, 0) is 38.3 Å². The predicted molar refractivity (Wildman–Crippen MR) is 67.8 cm³/mol. The van der Waals surface area contributed by atoms with Gasteiger partial charge < -0.3 is 15.8 Å². The Morgan fingerprint density at radius 1 is 1.44 bits per heavy atom. The number of nitrogens with one attached hydrogen (secondary N) is 1. The van der Waals surface area contributed by atoms with Crippen molar-refractivity contribution in [3.05, 3.63) is 18.2 Å². The molecule has 0 spiro atoms. The molecule has 0 radical (unpaired) electrons. The van der Waals surface area contributed by atoms with Crippen LogP contribution in [0.15, 0.2) is 18.2 Å². The van der Waals surface area contributed by atoms with E-state index >= 15 is 0 Å². The lowest BCUT2D eigenvalue weighted by Crippen LogP contribution is -2.10. The molecule has 0 aromatic heterocycles. The molecule has 0 bridgehead atoms. The van der Waals surface area contributed by atoms with Crippen LogP contribution in [0.2, 0.25) is 0 Å². The van der Waals surface area contributed by atoms with Crippen LogP contribution in [0.4, 0.5) is 11.4 Å². The number of ether oxygens (including phenoxy) is 1. The van der Waals surface area contributed by atoms with E-state index in [1.165, 1.54) is 6.42 Å². The first-order chi connectivity index (χ1) is 7.58. The van der Waals surface area contributed by atoms with Gasteiger partial charge >= 0.3 is 0 Å². The maximum atomic E-state index is 6.07. The highest BCUT2D eigenvalue weighted by Crippen LogP contribution is 2.37. The first-order valence-electron chi connectivity index (χ1n) is 5.89. The lowest BCUT2D eigenvalue weighted by atomic mass is 10.2. The van der Waals surface area contributed by atoms with Crippen LogP contribution < -0.4 is 15.8 Å². The molecule has 1 aromatic rings. The fraction of sp³-hybridized carbons (Fsp3) is 0.538. The molecule has 3 nitrogen and oxygen atoms in total. The van der Waals surface area contributed by atoms with Crippen molar-refractivity contribution in [1.29, 1.82) is 0 Å². The summed E-state index contributed by atoms with van der Waals surface area (Å²) in [7, 11) is 0. The molecule has 1 saturated carbocycles. The van der Waals surface area contributed by atoms with E-state index in [1.54, 1.807) is 0 Å². The summed E-state index contributed by atoms with van der Waals surface area (Å²) in [5.74, 6) is 1.53. The predicted octanol–water partition coefficient (Wildman–Crippen LogP) is 2.88. The molecule has 2 atom stereocenters. The number of rotatable bonds is 4. The summed E-state index contributed by atoms with van der Waals surface area (Å²) in [5, 5.41) is 3.44. The van der Waals surface area contributed by atoms with Gasteiger partial charge in [-0.1, -0.05) is 13.0 Å². The van der Waals surface area contributed by atoms with E-state index in [9.17, 15) is 0 Å². The third-order valence-electron chi connectivity index (χ3n) is 2.88. The van der Waals surface area contributed by atoms with E-state index < -0.39 is 0 Å². The molecule has 3 heteroatoms. The van der Waals surface area contributed by atoms with Gasteiger partial charge in [0, 0.05) is 6.04 Å². The maximum Gasteiger partial charge on any atom is 0.144 e. The quantitative estimate of drug-likeness (QED) is 0.767. The van der Waals surface area contributed by atoms with Crippen molar-refractivity contribution in [3.8, 4) is 5.75 Å². The van der Waals surface area contributed by atoms with Crippen molar-refractivity contribution in [2.45, 2.75) is 39.3 Å². The van der Waals surface area contributed by atoms with Crippen molar-refractivity contribution in [1.82, 2.24) is 0 Å². The Hall–Kier alpha value is -1.38. The van der Waals surface area contributed by atoms with Crippen LogP contribution in [0.3, 0.4) is 0 Å². The van der Waals surface area contributed by atoms with Crippen LogP contribution in [0.25, 0.3) is 0 Å². The van der Waals surface area contributed by atoms with Gasteiger partial charge in [0.2, 0.25) is 0 Å². The first-order valence-corrected chi connectivity index (χ1v) is 5.89. The number of benzene rings is 1. The van der Waals surface area contributed by atoms with E-state index in [-0.39, 0.29) is 6.10 Å². The fourth-order valence-electron chi connectivity index (χ4n) is 1.75. The summed E-state index contributed by atoms with van der Waals surface area (Å²) in [6, 6.07) is 6.48. The highest BCUT2D eigenvalue weighted by atomic mass is 16.5. The van der Waals surface area contributed by atoms with Gasteiger partial charge in [-0.15, -0.1) is 0 Å². The zero-order valence-electron chi connectivity index (χ0n) is 10.2. The number of para-hydroxylation sites is 1. The zero-order chi connectivity index (χ0) is 11.7. The third-order valence-corrected chi connectivity index (χ3v) is 2.88. The van der Waals surface area contributed by atoms with Gasteiger partial charge in [0.05, 0.1) is 17.5 Å². The van der Waals surface area contributed by atoms with Crippen molar-refractivity contribution in [2.24, 2.45) is 5.92 Å². The molecule has 2 unspecified atom stereocenters. The van der Waals surface area contributed by atoms with Crippen molar-refractivity contribution >= 4 is 11.4 Å². The molecule has 0 amide bonds. The van der Waals surface area contributed by atoms with E-state index in [4.69, 9.17) is 10.5 Å². The zero-order valence-corrected chi connectivity index (χ0v) is 10.2. The summed E-state index contributed by atoms with van der Waals surface area (Å²) in [6.07, 6.45) is 1.38. The smallest absolute Gasteiger partial charge is 0.144 e. The molecule has 16 heavy (non-hydrogen) atoms. The van der Waals surface area contributed by atoms with E-state index in [1.807, 2.05) is 32.0 Å². The Labute approximate surface area is 97.0 Å². The Balaban J connectivity index is 2.12. The minimum Gasteiger partial charge on any atom is -0.489 e. The molecule has 0 heterocycles. The maximum absolute atomic E-state index is 6.07. The van der Waals surface area contributed by atoms with Crippen molar-refractivity contribution in [2.75, 3.05) is 11.1 Å². The fourth-order valence-corrected chi connectivity index (χ4v) is 1.75. The van der Waals surface area contributed by atoms with Gasteiger partial charge in [-0.25, -0.2) is 0 Å². The molecule has 1 fully saturated rings. The molecule has 88 valence electrons. The normalized spacial score (nSPS) is 23.2. The first kappa shape index (κ1) is 11.1. The summed E-state index contributed by atoms with van der Waals surface area (Å²) < 4.78 is 5.65. The Bertz CT molecular complexity index is 376. The van der Waals surface area contributed by atoms with Crippen LogP contribution in [-0.4, -0.2) is 12.1 Å². The van der Waals surface area contributed by atoms with Crippen molar-refractivity contribution < 1.29 is 4.74 Å². The lowest BCUT2D eigenvalue weighted by Gasteiger charge is -2.15. The minimum atomic E-state index is 0.150. The van der Waals surface area contributed by atoms with Crippen LogP contribution in [0.5, 0.6) is 5.75 Å². The molecule has 0 saturated heterocycles. The van der Waals surface area contributed by atoms with Crippen LogP contribution in [0, 0.1) is 5.92 Å². The number of anilines is 2. The van der Waals surface area contributed by atoms with Crippen LogP contribution >= 0.6 is 0 Å². The SMILES string of the molecule is CC(C)Oc1cccc(NC2CC2C)c1N. The van der Waals surface area contributed by atoms with Gasteiger partial charge in [-0.2, -0.15) is 0 Å². The lowest BCUT2D eigenvalue weighted by molar-refractivity contribution is 0.244. The highest BCUT2D eigenvalue weighted by Gasteiger charge is 2.32. The molecule has 1 aromatic carbocycles. The molecular weight excluding hydrogens is 200 g/mol. The summed E-state index contributed by atoms with van der Waals surface area (Å²) >= 11 is 0. The molecule has 2 rings (SSSR count). The molecule has 1 aliphatic rings. The van der Waals surface area contributed by atoms with Crippen molar-refractivity contribution in [3.63, 3.8) is 0 Å². The molecule has 0 aliphatic heterocycles. The third kappa shape index (κ3) is 2.40. The molecule has 1 aliphatic carbocycles. The Morgan fingerprint density at radius 3 is 2.69 bits per heavy atom. The largest absolute Gasteiger partial charge is 0.489 e. The second kappa shape index (κ2) is 4.24. The second-order valence-electron chi connectivity index (χ2n) is 4.85. The van der Waals surface area contributed by atoms with Gasteiger partial charge in [0.15, 0.2) is 0 Å².